The van der Waals surface area contributed by atoms with Crippen LogP contribution in [0.1, 0.15) is 51.9 Å². The first-order valence-electron chi connectivity index (χ1n) is 8.53. The number of piperidine rings is 1. The molecule has 20 heavy (non-hydrogen) atoms. The van der Waals surface area contributed by atoms with E-state index in [0.29, 0.717) is 11.9 Å². The lowest BCUT2D eigenvalue weighted by molar-refractivity contribution is -0.136. The molecule has 2 unspecified atom stereocenters. The molecule has 0 aromatic heterocycles. The summed E-state index contributed by atoms with van der Waals surface area (Å²) in [5.41, 5.74) is 0. The molecule has 0 aromatic carbocycles. The molecule has 2 atom stereocenters. The third-order valence-corrected chi connectivity index (χ3v) is 5.16. The van der Waals surface area contributed by atoms with Crippen molar-refractivity contribution < 1.29 is 4.79 Å². The normalized spacial score (nSPS) is 29.6. The second kappa shape index (κ2) is 6.44. The van der Waals surface area contributed by atoms with Crippen LogP contribution in [0, 0.1) is 0 Å². The van der Waals surface area contributed by atoms with Crippen LogP contribution in [0.15, 0.2) is 0 Å². The molecule has 3 aliphatic rings. The van der Waals surface area contributed by atoms with Crippen molar-refractivity contribution in [3.8, 4) is 0 Å². The van der Waals surface area contributed by atoms with Crippen LogP contribution in [0.25, 0.3) is 0 Å². The van der Waals surface area contributed by atoms with Crippen molar-refractivity contribution in [1.82, 2.24) is 15.1 Å². The molecule has 1 N–H and O–H groups in total. The van der Waals surface area contributed by atoms with E-state index >= 15 is 0 Å². The van der Waals surface area contributed by atoms with Gasteiger partial charge < -0.3 is 10.2 Å². The average Bonchev–Trinajstić information content (AvgIpc) is 3.15. The first-order valence-corrected chi connectivity index (χ1v) is 8.53. The van der Waals surface area contributed by atoms with Crippen LogP contribution in [0.4, 0.5) is 0 Å². The summed E-state index contributed by atoms with van der Waals surface area (Å²) in [5.74, 6) is 0.362. The number of hydrogen-bond donors (Lipinski definition) is 1. The summed E-state index contributed by atoms with van der Waals surface area (Å²) in [5, 5.41) is 3.65. The summed E-state index contributed by atoms with van der Waals surface area (Å²) in [6, 6.07) is 1.40. The predicted octanol–water partition coefficient (Wildman–Crippen LogP) is 1.60. The molecule has 1 amide bonds. The van der Waals surface area contributed by atoms with Crippen molar-refractivity contribution in [2.45, 2.75) is 70.0 Å². The number of carbonyl (C=O) groups excluding carboxylic acids is 1. The Hall–Kier alpha value is -0.610. The van der Waals surface area contributed by atoms with E-state index in [9.17, 15) is 4.79 Å². The number of carbonyl (C=O) groups is 1. The molecule has 4 heteroatoms. The number of rotatable bonds is 5. The number of amides is 1. The van der Waals surface area contributed by atoms with E-state index in [2.05, 4.69) is 22.0 Å². The van der Waals surface area contributed by atoms with Crippen LogP contribution in [0.2, 0.25) is 0 Å². The standard InChI is InChI=1S/C16H29N3O/c1-13(16(20)18-9-4-5-10-18)19-11-3-2-6-15(19)12-17-14-7-8-14/h13-15,17H,2-12H2,1H3. The van der Waals surface area contributed by atoms with Crippen molar-refractivity contribution in [3.05, 3.63) is 0 Å². The van der Waals surface area contributed by atoms with Crippen LogP contribution in [0.3, 0.4) is 0 Å². The van der Waals surface area contributed by atoms with E-state index in [1.165, 1.54) is 44.9 Å². The molecule has 3 rings (SSSR count). The summed E-state index contributed by atoms with van der Waals surface area (Å²) in [7, 11) is 0. The second-order valence-corrected chi connectivity index (χ2v) is 6.78. The predicted molar refractivity (Wildman–Crippen MR) is 80.6 cm³/mol. The van der Waals surface area contributed by atoms with Crippen molar-refractivity contribution >= 4 is 5.91 Å². The highest BCUT2D eigenvalue weighted by molar-refractivity contribution is 5.81. The SMILES string of the molecule is CC(C(=O)N1CCCC1)N1CCCCC1CNC1CC1. The number of likely N-dealkylation sites (tertiary alicyclic amines) is 2. The van der Waals surface area contributed by atoms with Gasteiger partial charge in [-0.3, -0.25) is 9.69 Å². The van der Waals surface area contributed by atoms with Crippen LogP contribution in [-0.2, 0) is 4.79 Å². The van der Waals surface area contributed by atoms with Gasteiger partial charge in [-0.2, -0.15) is 0 Å². The smallest absolute Gasteiger partial charge is 0.239 e. The molecule has 1 saturated carbocycles. The lowest BCUT2D eigenvalue weighted by Gasteiger charge is -2.40. The fourth-order valence-corrected chi connectivity index (χ4v) is 3.69. The molecular weight excluding hydrogens is 250 g/mol. The van der Waals surface area contributed by atoms with Gasteiger partial charge in [-0.05, 0) is 52.0 Å². The minimum atomic E-state index is 0.0689. The van der Waals surface area contributed by atoms with Crippen molar-refractivity contribution in [1.29, 1.82) is 0 Å². The molecule has 1 aliphatic carbocycles. The minimum absolute atomic E-state index is 0.0689. The maximum Gasteiger partial charge on any atom is 0.239 e. The topological polar surface area (TPSA) is 35.6 Å². The Morgan fingerprint density at radius 2 is 1.80 bits per heavy atom. The van der Waals surface area contributed by atoms with Gasteiger partial charge in [-0.25, -0.2) is 0 Å². The summed E-state index contributed by atoms with van der Waals surface area (Å²) in [6.07, 6.45) is 8.87. The van der Waals surface area contributed by atoms with E-state index in [0.717, 1.165) is 32.2 Å². The third kappa shape index (κ3) is 3.34. The van der Waals surface area contributed by atoms with Crippen molar-refractivity contribution in [3.63, 3.8) is 0 Å². The highest BCUT2D eigenvalue weighted by Gasteiger charge is 2.34. The zero-order chi connectivity index (χ0) is 13.9. The highest BCUT2D eigenvalue weighted by Crippen LogP contribution is 2.23. The Kier molecular flexibility index (Phi) is 4.61. The maximum absolute atomic E-state index is 12.6. The Morgan fingerprint density at radius 3 is 2.50 bits per heavy atom. The van der Waals surface area contributed by atoms with Gasteiger partial charge in [0.2, 0.25) is 5.91 Å². The zero-order valence-corrected chi connectivity index (χ0v) is 12.8. The van der Waals surface area contributed by atoms with Crippen LogP contribution in [-0.4, -0.2) is 60.0 Å². The minimum Gasteiger partial charge on any atom is -0.341 e. The lowest BCUT2D eigenvalue weighted by atomic mass is 9.99. The zero-order valence-electron chi connectivity index (χ0n) is 12.8. The molecule has 4 nitrogen and oxygen atoms in total. The van der Waals surface area contributed by atoms with E-state index in [-0.39, 0.29) is 6.04 Å². The van der Waals surface area contributed by atoms with Crippen LogP contribution in [0.5, 0.6) is 0 Å². The van der Waals surface area contributed by atoms with E-state index < -0.39 is 0 Å². The average molecular weight is 279 g/mol. The second-order valence-electron chi connectivity index (χ2n) is 6.78. The third-order valence-electron chi connectivity index (χ3n) is 5.16. The molecule has 2 heterocycles. The quantitative estimate of drug-likeness (QED) is 0.830. The molecule has 0 aromatic rings. The Balaban J connectivity index is 1.57. The van der Waals surface area contributed by atoms with Crippen molar-refractivity contribution in [2.24, 2.45) is 0 Å². The molecule has 114 valence electrons. The van der Waals surface area contributed by atoms with Gasteiger partial charge in [0.1, 0.15) is 0 Å². The van der Waals surface area contributed by atoms with Gasteiger partial charge in [-0.15, -0.1) is 0 Å². The highest BCUT2D eigenvalue weighted by atomic mass is 16.2. The molecule has 0 bridgehead atoms. The molecule has 0 radical (unpaired) electrons. The van der Waals surface area contributed by atoms with E-state index in [1.807, 2.05) is 0 Å². The van der Waals surface area contributed by atoms with Gasteiger partial charge in [0.05, 0.1) is 6.04 Å². The van der Waals surface area contributed by atoms with Gasteiger partial charge in [0, 0.05) is 31.7 Å². The monoisotopic (exact) mass is 279 g/mol. The van der Waals surface area contributed by atoms with Gasteiger partial charge >= 0.3 is 0 Å². The Morgan fingerprint density at radius 1 is 1.10 bits per heavy atom. The summed E-state index contributed by atoms with van der Waals surface area (Å²) in [6.45, 7) is 6.24. The van der Waals surface area contributed by atoms with Gasteiger partial charge in [-0.1, -0.05) is 6.42 Å². The molecule has 3 fully saturated rings. The summed E-state index contributed by atoms with van der Waals surface area (Å²) < 4.78 is 0. The van der Waals surface area contributed by atoms with Gasteiger partial charge in [0.15, 0.2) is 0 Å². The molecule has 2 aliphatic heterocycles. The van der Waals surface area contributed by atoms with E-state index in [4.69, 9.17) is 0 Å². The molecule has 0 spiro atoms. The number of nitrogens with zero attached hydrogens (tertiary/aromatic N) is 2. The lowest BCUT2D eigenvalue weighted by Crippen LogP contribution is -2.55. The first kappa shape index (κ1) is 14.3. The molecular formula is C16H29N3O. The Bertz CT molecular complexity index is 337. The van der Waals surface area contributed by atoms with Crippen LogP contribution < -0.4 is 5.32 Å². The number of hydrogen-bond acceptors (Lipinski definition) is 3. The summed E-state index contributed by atoms with van der Waals surface area (Å²) >= 11 is 0. The number of nitrogens with one attached hydrogen (secondary N) is 1. The first-order chi connectivity index (χ1) is 9.75. The molecule has 2 saturated heterocycles. The fraction of sp³-hybridized carbons (Fsp3) is 0.938. The Labute approximate surface area is 122 Å². The van der Waals surface area contributed by atoms with E-state index in [1.54, 1.807) is 0 Å². The van der Waals surface area contributed by atoms with Gasteiger partial charge in [0.25, 0.3) is 0 Å². The van der Waals surface area contributed by atoms with Crippen LogP contribution >= 0.6 is 0 Å². The van der Waals surface area contributed by atoms with Crippen molar-refractivity contribution in [2.75, 3.05) is 26.2 Å². The fourth-order valence-electron chi connectivity index (χ4n) is 3.69. The summed E-state index contributed by atoms with van der Waals surface area (Å²) in [4.78, 5) is 17.2. The largest absolute Gasteiger partial charge is 0.341 e. The maximum atomic E-state index is 12.6.